The van der Waals surface area contributed by atoms with Crippen molar-refractivity contribution in [1.29, 1.82) is 0 Å². The number of carboxylic acids is 1. The van der Waals surface area contributed by atoms with Gasteiger partial charge in [-0.1, -0.05) is 12.2 Å². The highest BCUT2D eigenvalue weighted by atomic mass is 32.2. The largest absolute Gasteiger partial charge is 0.493 e. The Labute approximate surface area is 238 Å². The van der Waals surface area contributed by atoms with E-state index in [-0.39, 0.29) is 35.9 Å². The van der Waals surface area contributed by atoms with E-state index < -0.39 is 27.4 Å². The van der Waals surface area contributed by atoms with E-state index >= 15 is 0 Å². The fraction of sp³-hybridized carbons (Fsp3) is 0.429. The molecule has 2 aliphatic heterocycles. The molecule has 2 aromatic carbocycles. The monoisotopic (exact) mass is 590 g/mol. The fourth-order valence-electron chi connectivity index (χ4n) is 5.22. The summed E-state index contributed by atoms with van der Waals surface area (Å²) in [5, 5.41) is 8.03. The summed E-state index contributed by atoms with van der Waals surface area (Å²) in [5.41, 5.74) is 7.32. The Bertz CT molecular complexity index is 1460. The highest BCUT2D eigenvalue weighted by Crippen LogP contribution is 2.39. The van der Waals surface area contributed by atoms with Crippen molar-refractivity contribution in [3.05, 3.63) is 53.1 Å². The SMILES string of the molecule is C=C1C[C@H]2C(S(=O)(=O)O)Cc3cc(OCCCCCOc4cc(N)c(C(=O)O)cc4OC)c(OC)cc3C(=O)N2C1. The molecular formula is C28H34N2O10S. The predicted octanol–water partition coefficient (Wildman–Crippen LogP) is 3.20. The second kappa shape index (κ2) is 12.3. The Morgan fingerprint density at radius 3 is 2.20 bits per heavy atom. The van der Waals surface area contributed by atoms with Crippen molar-refractivity contribution in [3.63, 3.8) is 0 Å². The predicted molar refractivity (Wildman–Crippen MR) is 150 cm³/mol. The van der Waals surface area contributed by atoms with Crippen molar-refractivity contribution in [2.24, 2.45) is 0 Å². The lowest BCUT2D eigenvalue weighted by Gasteiger charge is -2.26. The Kier molecular flexibility index (Phi) is 8.98. The number of carboxylic acid groups (broad SMARTS) is 1. The van der Waals surface area contributed by atoms with Gasteiger partial charge in [-0.3, -0.25) is 9.35 Å². The molecule has 4 rings (SSSR count). The van der Waals surface area contributed by atoms with Gasteiger partial charge in [0.2, 0.25) is 0 Å². The molecule has 2 heterocycles. The smallest absolute Gasteiger partial charge is 0.337 e. The van der Waals surface area contributed by atoms with Crippen LogP contribution in [0.1, 0.15) is 52.0 Å². The Morgan fingerprint density at radius 1 is 1.00 bits per heavy atom. The number of anilines is 1. The highest BCUT2D eigenvalue weighted by Gasteiger charge is 2.45. The highest BCUT2D eigenvalue weighted by molar-refractivity contribution is 7.86. The number of hydrogen-bond donors (Lipinski definition) is 3. The number of unbranched alkanes of at least 4 members (excludes halogenated alkanes) is 2. The van der Waals surface area contributed by atoms with Crippen LogP contribution in [0, 0.1) is 0 Å². The maximum Gasteiger partial charge on any atom is 0.337 e. The van der Waals surface area contributed by atoms with Gasteiger partial charge in [0.25, 0.3) is 16.0 Å². The summed E-state index contributed by atoms with van der Waals surface area (Å²) in [6.45, 7) is 4.80. The fourth-order valence-corrected chi connectivity index (χ4v) is 6.25. The molecule has 13 heteroatoms. The molecule has 2 aromatic rings. The van der Waals surface area contributed by atoms with Gasteiger partial charge >= 0.3 is 5.97 Å². The molecule has 0 aliphatic carbocycles. The van der Waals surface area contributed by atoms with Gasteiger partial charge in [-0.15, -0.1) is 0 Å². The third-order valence-corrected chi connectivity index (χ3v) is 8.52. The number of nitrogen functional groups attached to an aromatic ring is 1. The Hall–Kier alpha value is -3.97. The van der Waals surface area contributed by atoms with E-state index in [0.29, 0.717) is 60.9 Å². The number of fused-ring (bicyclic) bond motifs is 2. The van der Waals surface area contributed by atoms with Crippen molar-refractivity contribution >= 4 is 27.7 Å². The van der Waals surface area contributed by atoms with Crippen LogP contribution in [0.3, 0.4) is 0 Å². The van der Waals surface area contributed by atoms with Crippen molar-refractivity contribution in [2.75, 3.05) is 39.7 Å². The summed E-state index contributed by atoms with van der Waals surface area (Å²) >= 11 is 0. The number of hydrogen-bond acceptors (Lipinski definition) is 9. The number of carbonyl (C=O) groups excluding carboxylic acids is 1. The number of aromatic carboxylic acids is 1. The van der Waals surface area contributed by atoms with Gasteiger partial charge in [0.1, 0.15) is 5.25 Å². The van der Waals surface area contributed by atoms with Gasteiger partial charge in [0.15, 0.2) is 23.0 Å². The van der Waals surface area contributed by atoms with Crippen LogP contribution in [0.4, 0.5) is 5.69 Å². The summed E-state index contributed by atoms with van der Waals surface area (Å²) in [6.07, 6.45) is 2.32. The third kappa shape index (κ3) is 6.51. The van der Waals surface area contributed by atoms with Gasteiger partial charge in [0.05, 0.1) is 44.7 Å². The van der Waals surface area contributed by atoms with Crippen molar-refractivity contribution in [3.8, 4) is 23.0 Å². The molecule has 2 aliphatic rings. The zero-order valence-electron chi connectivity index (χ0n) is 22.9. The lowest BCUT2D eigenvalue weighted by molar-refractivity contribution is 0.0695. The molecule has 0 saturated carbocycles. The standard InChI is InChI=1S/C28H34N2O10S/c1-16-9-21-26(41(34,35)36)11-17-10-24(22(37-2)12-18(17)27(31)30(21)15-16)39-7-5-4-6-8-40-25-14-20(29)19(28(32)33)13-23(25)38-3/h10,12-14,21,26H,1,4-9,11,15,29H2,2-3H3,(H,32,33)(H,34,35,36)/t21-,26?/m0/s1. The molecule has 1 fully saturated rings. The number of nitrogens with two attached hydrogens (primary N) is 1. The van der Waals surface area contributed by atoms with Crippen LogP contribution in [0.25, 0.3) is 0 Å². The Balaban J connectivity index is 1.37. The van der Waals surface area contributed by atoms with E-state index in [0.717, 1.165) is 12.0 Å². The number of amides is 1. The summed E-state index contributed by atoms with van der Waals surface area (Å²) in [5.74, 6) is -0.159. The maximum absolute atomic E-state index is 13.3. The van der Waals surface area contributed by atoms with Crippen LogP contribution in [-0.4, -0.2) is 80.1 Å². The molecule has 1 saturated heterocycles. The van der Waals surface area contributed by atoms with Gasteiger partial charge in [-0.05, 0) is 49.8 Å². The first-order chi connectivity index (χ1) is 19.4. The molecule has 12 nitrogen and oxygen atoms in total. The minimum atomic E-state index is -4.44. The second-order valence-electron chi connectivity index (χ2n) is 10.0. The van der Waals surface area contributed by atoms with E-state index in [9.17, 15) is 27.7 Å². The Morgan fingerprint density at radius 2 is 1.61 bits per heavy atom. The van der Waals surface area contributed by atoms with Crippen molar-refractivity contribution in [2.45, 2.75) is 43.4 Å². The van der Waals surface area contributed by atoms with E-state index in [1.165, 1.54) is 31.3 Å². The summed E-state index contributed by atoms with van der Waals surface area (Å²) in [7, 11) is -1.57. The molecule has 2 atom stereocenters. The van der Waals surface area contributed by atoms with E-state index in [1.807, 2.05) is 0 Å². The molecular weight excluding hydrogens is 556 g/mol. The lowest BCUT2D eigenvalue weighted by atomic mass is 9.99. The van der Waals surface area contributed by atoms with Crippen molar-refractivity contribution < 1.29 is 46.6 Å². The number of nitrogens with zero attached hydrogens (tertiary/aromatic N) is 1. The quantitative estimate of drug-likeness (QED) is 0.143. The molecule has 4 N–H and O–H groups in total. The van der Waals surface area contributed by atoms with E-state index in [2.05, 4.69) is 6.58 Å². The van der Waals surface area contributed by atoms with Crippen LogP contribution in [0.5, 0.6) is 23.0 Å². The molecule has 1 amide bonds. The number of carbonyl (C=O) groups is 2. The van der Waals surface area contributed by atoms with Crippen LogP contribution in [-0.2, 0) is 16.5 Å². The maximum atomic E-state index is 13.3. The number of rotatable bonds is 12. The first-order valence-electron chi connectivity index (χ1n) is 13.1. The van der Waals surface area contributed by atoms with E-state index in [1.54, 1.807) is 12.1 Å². The summed E-state index contributed by atoms with van der Waals surface area (Å²) in [6, 6.07) is 5.22. The summed E-state index contributed by atoms with van der Waals surface area (Å²) < 4.78 is 56.9. The third-order valence-electron chi connectivity index (χ3n) is 7.28. The second-order valence-corrected chi connectivity index (χ2v) is 11.7. The molecule has 0 aromatic heterocycles. The van der Waals surface area contributed by atoms with Gasteiger partial charge in [0, 0.05) is 24.2 Å². The van der Waals surface area contributed by atoms with Crippen LogP contribution in [0.2, 0.25) is 0 Å². The zero-order chi connectivity index (χ0) is 29.9. The van der Waals surface area contributed by atoms with Gasteiger partial charge in [-0.25, -0.2) is 4.79 Å². The minimum absolute atomic E-state index is 0.0481. The normalized spacial score (nSPS) is 18.4. The average molecular weight is 591 g/mol. The molecule has 222 valence electrons. The van der Waals surface area contributed by atoms with Gasteiger partial charge < -0.3 is 34.7 Å². The van der Waals surface area contributed by atoms with Crippen molar-refractivity contribution in [1.82, 2.24) is 4.90 Å². The first-order valence-corrected chi connectivity index (χ1v) is 14.6. The van der Waals surface area contributed by atoms with Crippen LogP contribution in [0.15, 0.2) is 36.4 Å². The lowest BCUT2D eigenvalue weighted by Crippen LogP contribution is -2.44. The van der Waals surface area contributed by atoms with Gasteiger partial charge in [-0.2, -0.15) is 8.42 Å². The molecule has 0 spiro atoms. The van der Waals surface area contributed by atoms with E-state index in [4.69, 9.17) is 24.7 Å². The molecule has 1 unspecified atom stereocenters. The number of methoxy groups -OCH3 is 2. The molecule has 0 radical (unpaired) electrons. The number of ether oxygens (including phenoxy) is 4. The number of benzene rings is 2. The van der Waals surface area contributed by atoms with Crippen LogP contribution < -0.4 is 24.7 Å². The topological polar surface area (TPSA) is 175 Å². The minimum Gasteiger partial charge on any atom is -0.493 e. The summed E-state index contributed by atoms with van der Waals surface area (Å²) in [4.78, 5) is 26.1. The zero-order valence-corrected chi connectivity index (χ0v) is 23.7. The first kappa shape index (κ1) is 30.0. The average Bonchev–Trinajstić information content (AvgIpc) is 3.25. The van der Waals surface area contributed by atoms with Crippen LogP contribution >= 0.6 is 0 Å². The molecule has 0 bridgehead atoms. The molecule has 41 heavy (non-hydrogen) atoms.